The Morgan fingerprint density at radius 2 is 1.38 bits per heavy atom. The number of morpholine rings is 1. The number of hydrogen-bond donors (Lipinski definition) is 2. The van der Waals surface area contributed by atoms with Crippen molar-refractivity contribution in [2.45, 2.75) is 13.1 Å². The Kier molecular flexibility index (Phi) is 8.03. The molecule has 3 aromatic rings. The van der Waals surface area contributed by atoms with Crippen LogP contribution in [0.15, 0.2) is 60.7 Å². The average Bonchev–Trinajstić information content (AvgIpc) is 3.43. The van der Waals surface area contributed by atoms with E-state index in [-0.39, 0.29) is 0 Å². The number of nitrogens with one attached hydrogen (secondary N) is 2. The number of rotatable bonds is 7. The molecule has 6 rings (SSSR count). The van der Waals surface area contributed by atoms with Crippen LogP contribution in [-0.2, 0) is 17.8 Å². The summed E-state index contributed by atoms with van der Waals surface area (Å²) in [7, 11) is 0. The lowest BCUT2D eigenvalue weighted by atomic mass is 10.1. The number of anilines is 4. The van der Waals surface area contributed by atoms with Crippen LogP contribution in [0, 0.1) is 0 Å². The van der Waals surface area contributed by atoms with Crippen molar-refractivity contribution in [1.29, 1.82) is 0 Å². The van der Waals surface area contributed by atoms with E-state index in [2.05, 4.69) is 90.9 Å². The van der Waals surface area contributed by atoms with Gasteiger partial charge in [-0.2, -0.15) is 9.97 Å². The van der Waals surface area contributed by atoms with Crippen molar-refractivity contribution in [2.24, 2.45) is 0 Å². The Bertz CT molecular complexity index is 1240. The molecule has 2 saturated heterocycles. The van der Waals surface area contributed by atoms with Crippen LogP contribution in [0.25, 0.3) is 0 Å². The molecule has 3 aliphatic heterocycles. The number of para-hydroxylation sites is 1. The number of hydrogen-bond acceptors (Lipinski definition) is 8. The van der Waals surface area contributed by atoms with E-state index in [1.54, 1.807) is 0 Å². The second-order valence-electron chi connectivity index (χ2n) is 10.2. The third-order valence-electron chi connectivity index (χ3n) is 7.63. The lowest BCUT2D eigenvalue weighted by Gasteiger charge is -2.37. The van der Waals surface area contributed by atoms with E-state index in [0.29, 0.717) is 11.1 Å². The van der Waals surface area contributed by atoms with Gasteiger partial charge in [0.1, 0.15) is 11.6 Å². The van der Waals surface area contributed by atoms with Gasteiger partial charge in [0.25, 0.3) is 0 Å². The van der Waals surface area contributed by atoms with Crippen LogP contribution in [0.5, 0.6) is 0 Å². The fraction of sp³-hybridized carbons (Fsp3) is 0.414. The third-order valence-corrected chi connectivity index (χ3v) is 7.88. The largest absolute Gasteiger partial charge is 0.379 e. The Morgan fingerprint density at radius 1 is 0.769 bits per heavy atom. The normalized spacial score (nSPS) is 17.7. The van der Waals surface area contributed by atoms with Gasteiger partial charge >= 0.3 is 0 Å². The van der Waals surface area contributed by atoms with Gasteiger partial charge in [0.15, 0.2) is 5.11 Å². The topological polar surface area (TPSA) is 72.0 Å². The van der Waals surface area contributed by atoms with E-state index in [4.69, 9.17) is 26.9 Å². The minimum absolute atomic E-state index is 0.535. The van der Waals surface area contributed by atoms with E-state index in [1.165, 1.54) is 16.8 Å². The van der Waals surface area contributed by atoms with Crippen molar-refractivity contribution in [3.05, 3.63) is 71.8 Å². The summed E-state index contributed by atoms with van der Waals surface area (Å²) in [6.07, 6.45) is 0. The molecule has 0 spiro atoms. The van der Waals surface area contributed by atoms with E-state index in [0.717, 1.165) is 90.3 Å². The molecular weight excluding hydrogens is 508 g/mol. The standard InChI is InChI=1S/C29H36N8OS/c39-29(30-10-11-34-16-18-38-19-17-34)33-28-31-26(36-14-12-35(13-15-36)25-8-2-1-3-9-25)20-27(32-28)37-21-23-6-4-5-7-24(23)22-37/h1-9,20H,10-19,21-22H2,(H2,30,31,32,33,39). The molecule has 0 unspecified atom stereocenters. The predicted molar refractivity (Wildman–Crippen MR) is 161 cm³/mol. The first-order valence-corrected chi connectivity index (χ1v) is 14.2. The first-order valence-electron chi connectivity index (χ1n) is 13.8. The second kappa shape index (κ2) is 12.1. The number of ether oxygens (including phenoxy) is 1. The summed E-state index contributed by atoms with van der Waals surface area (Å²) >= 11 is 5.63. The average molecular weight is 545 g/mol. The minimum atomic E-state index is 0.535. The van der Waals surface area contributed by atoms with Crippen molar-refractivity contribution in [2.75, 3.05) is 85.6 Å². The molecule has 3 aliphatic rings. The summed E-state index contributed by atoms with van der Waals surface area (Å²) in [5.74, 6) is 2.38. The molecule has 9 nitrogen and oxygen atoms in total. The Balaban J connectivity index is 1.15. The van der Waals surface area contributed by atoms with Crippen molar-refractivity contribution < 1.29 is 4.74 Å². The number of aromatic nitrogens is 2. The zero-order chi connectivity index (χ0) is 26.4. The second-order valence-corrected chi connectivity index (χ2v) is 10.6. The van der Waals surface area contributed by atoms with E-state index in [1.807, 2.05) is 0 Å². The molecule has 0 bridgehead atoms. The summed E-state index contributed by atoms with van der Waals surface area (Å²) in [4.78, 5) is 19.3. The van der Waals surface area contributed by atoms with E-state index >= 15 is 0 Å². The van der Waals surface area contributed by atoms with Crippen LogP contribution in [0.1, 0.15) is 11.1 Å². The quantitative estimate of drug-likeness (QED) is 0.434. The first kappa shape index (κ1) is 25.8. The van der Waals surface area contributed by atoms with E-state index in [9.17, 15) is 0 Å². The molecule has 2 N–H and O–H groups in total. The van der Waals surface area contributed by atoms with Crippen molar-refractivity contribution >= 4 is 40.6 Å². The summed E-state index contributed by atoms with van der Waals surface area (Å²) in [6, 6.07) is 21.4. The van der Waals surface area contributed by atoms with Gasteiger partial charge in [-0.15, -0.1) is 0 Å². The van der Waals surface area contributed by atoms with Crippen molar-refractivity contribution in [3.8, 4) is 0 Å². The van der Waals surface area contributed by atoms with Crippen LogP contribution in [0.3, 0.4) is 0 Å². The zero-order valence-electron chi connectivity index (χ0n) is 22.3. The van der Waals surface area contributed by atoms with E-state index < -0.39 is 0 Å². The van der Waals surface area contributed by atoms with Crippen LogP contribution in [-0.4, -0.2) is 85.6 Å². The van der Waals surface area contributed by atoms with Crippen LogP contribution in [0.4, 0.5) is 23.3 Å². The highest BCUT2D eigenvalue weighted by atomic mass is 32.1. The molecule has 0 atom stereocenters. The maximum absolute atomic E-state index is 5.63. The maximum atomic E-state index is 5.63. The highest BCUT2D eigenvalue weighted by Gasteiger charge is 2.24. The highest BCUT2D eigenvalue weighted by molar-refractivity contribution is 7.80. The predicted octanol–water partition coefficient (Wildman–Crippen LogP) is 2.94. The zero-order valence-corrected chi connectivity index (χ0v) is 23.1. The Morgan fingerprint density at radius 3 is 2.08 bits per heavy atom. The fourth-order valence-electron chi connectivity index (χ4n) is 5.43. The van der Waals surface area contributed by atoms with Gasteiger partial charge < -0.3 is 30.1 Å². The van der Waals surface area contributed by atoms with Crippen LogP contribution >= 0.6 is 12.2 Å². The van der Waals surface area contributed by atoms with Gasteiger partial charge in [-0.05, 0) is 35.5 Å². The van der Waals surface area contributed by atoms with Gasteiger partial charge in [-0.3, -0.25) is 4.90 Å². The van der Waals surface area contributed by atoms with Gasteiger partial charge in [0.2, 0.25) is 5.95 Å². The minimum Gasteiger partial charge on any atom is -0.379 e. The summed E-state index contributed by atoms with van der Waals surface area (Å²) in [5.41, 5.74) is 3.97. The molecule has 204 valence electrons. The highest BCUT2D eigenvalue weighted by Crippen LogP contribution is 2.30. The van der Waals surface area contributed by atoms with Gasteiger partial charge in [-0.25, -0.2) is 0 Å². The monoisotopic (exact) mass is 544 g/mol. The molecule has 2 aromatic carbocycles. The fourth-order valence-corrected chi connectivity index (χ4v) is 5.62. The third kappa shape index (κ3) is 6.41. The molecule has 0 aliphatic carbocycles. The summed E-state index contributed by atoms with van der Waals surface area (Å²) < 4.78 is 5.44. The van der Waals surface area contributed by atoms with Crippen LogP contribution in [0.2, 0.25) is 0 Å². The Labute approximate surface area is 235 Å². The molecule has 2 fully saturated rings. The van der Waals surface area contributed by atoms with Gasteiger partial charge in [0, 0.05) is 77.2 Å². The molecular formula is C29H36N8OS. The number of fused-ring (bicyclic) bond motifs is 1. The summed E-state index contributed by atoms with van der Waals surface area (Å²) in [6.45, 7) is 10.6. The first-order chi connectivity index (χ1) is 19.2. The summed E-state index contributed by atoms with van der Waals surface area (Å²) in [5, 5.41) is 7.14. The van der Waals surface area contributed by atoms with Crippen molar-refractivity contribution in [3.63, 3.8) is 0 Å². The number of piperazine rings is 1. The number of nitrogens with zero attached hydrogens (tertiary/aromatic N) is 6. The number of benzene rings is 2. The van der Waals surface area contributed by atoms with Gasteiger partial charge in [0.05, 0.1) is 13.2 Å². The lowest BCUT2D eigenvalue weighted by Crippen LogP contribution is -2.47. The molecule has 0 radical (unpaired) electrons. The molecule has 0 amide bonds. The Hall–Kier alpha value is -3.47. The van der Waals surface area contributed by atoms with Crippen LogP contribution < -0.4 is 25.3 Å². The SMILES string of the molecule is S=C(NCCN1CCOCC1)Nc1nc(N2CCN(c3ccccc3)CC2)cc(N2Cc3ccccc3C2)n1. The number of thiocarbonyl (C=S) groups is 1. The lowest BCUT2D eigenvalue weighted by molar-refractivity contribution is 0.0389. The van der Waals surface area contributed by atoms with Crippen molar-refractivity contribution in [1.82, 2.24) is 20.2 Å². The molecule has 1 aromatic heterocycles. The molecule has 39 heavy (non-hydrogen) atoms. The molecule has 4 heterocycles. The maximum Gasteiger partial charge on any atom is 0.232 e. The smallest absolute Gasteiger partial charge is 0.232 e. The molecule has 0 saturated carbocycles. The van der Waals surface area contributed by atoms with Gasteiger partial charge in [-0.1, -0.05) is 42.5 Å². The molecule has 10 heteroatoms.